The molecule has 40 valence electrons. The van der Waals surface area contributed by atoms with E-state index >= 15 is 0 Å². The number of ketones is 1. The molecule has 2 nitrogen and oxygen atoms in total. The molecule has 7 heavy (non-hydrogen) atoms. The van der Waals surface area contributed by atoms with E-state index in [4.69, 9.17) is 0 Å². The second-order valence-corrected chi connectivity index (χ2v) is 1.23. The van der Waals surface area contributed by atoms with Gasteiger partial charge in [0.1, 0.15) is 5.78 Å². The third kappa shape index (κ3) is 5.27. The van der Waals surface area contributed by atoms with E-state index in [9.17, 15) is 14.0 Å². The lowest BCUT2D eigenvalue weighted by atomic mass is 10.3. The Morgan fingerprint density at radius 1 is 1.57 bits per heavy atom. The Kier molecular flexibility index (Phi) is 2.19. The standard InChI is InChI=1S/C4H5FO2/c1-3(6)2-4(5)7/h2H2,1H3. The molecule has 0 atom stereocenters. The quantitative estimate of drug-likeness (QED) is 0.376. The van der Waals surface area contributed by atoms with E-state index in [-0.39, 0.29) is 0 Å². The summed E-state index contributed by atoms with van der Waals surface area (Å²) >= 11 is 0. The minimum absolute atomic E-state index is 0.437. The molecule has 0 rings (SSSR count). The van der Waals surface area contributed by atoms with Gasteiger partial charge in [-0.05, 0) is 6.92 Å². The number of hydrogen-bond acceptors (Lipinski definition) is 2. The molecule has 0 saturated heterocycles. The largest absolute Gasteiger partial charge is 0.308 e. The Balaban J connectivity index is 3.32. The molecule has 0 saturated carbocycles. The highest BCUT2D eigenvalue weighted by molar-refractivity contribution is 5.93. The van der Waals surface area contributed by atoms with E-state index in [0.717, 1.165) is 6.92 Å². The van der Waals surface area contributed by atoms with Crippen LogP contribution in [0.15, 0.2) is 0 Å². The van der Waals surface area contributed by atoms with Crippen LogP contribution in [0.2, 0.25) is 0 Å². The van der Waals surface area contributed by atoms with E-state index in [2.05, 4.69) is 0 Å². The van der Waals surface area contributed by atoms with Gasteiger partial charge in [-0.25, -0.2) is 0 Å². The first-order chi connectivity index (χ1) is 3.13. The highest BCUT2D eigenvalue weighted by Gasteiger charge is 1.99. The predicted molar refractivity (Wildman–Crippen MR) is 21.4 cm³/mol. The fourth-order valence-corrected chi connectivity index (χ4v) is 0.196. The summed E-state index contributed by atoms with van der Waals surface area (Å²) in [6, 6.07) is -1.56. The van der Waals surface area contributed by atoms with Crippen LogP contribution in [0.5, 0.6) is 0 Å². The fourth-order valence-electron chi connectivity index (χ4n) is 0.196. The van der Waals surface area contributed by atoms with E-state index in [1.54, 1.807) is 0 Å². The third-order valence-corrected chi connectivity index (χ3v) is 0.388. The van der Waals surface area contributed by atoms with E-state index in [1.807, 2.05) is 0 Å². The maximum absolute atomic E-state index is 11.1. The van der Waals surface area contributed by atoms with Gasteiger partial charge in [-0.2, -0.15) is 4.39 Å². The molecule has 0 amide bonds. The van der Waals surface area contributed by atoms with Gasteiger partial charge in [-0.1, -0.05) is 0 Å². The maximum Gasteiger partial charge on any atom is 0.308 e. The van der Waals surface area contributed by atoms with E-state index < -0.39 is 18.2 Å². The molecule has 0 radical (unpaired) electrons. The zero-order valence-corrected chi connectivity index (χ0v) is 3.90. The van der Waals surface area contributed by atoms with Crippen LogP contribution >= 0.6 is 0 Å². The van der Waals surface area contributed by atoms with Gasteiger partial charge < -0.3 is 0 Å². The van der Waals surface area contributed by atoms with Crippen LogP contribution in [0, 0.1) is 0 Å². The summed E-state index contributed by atoms with van der Waals surface area (Å²) in [5.41, 5.74) is 0. The smallest absolute Gasteiger partial charge is 0.299 e. The molecule has 0 aliphatic carbocycles. The Hall–Kier alpha value is -0.730. The highest BCUT2D eigenvalue weighted by Crippen LogP contribution is 1.83. The number of hydrogen-bond donors (Lipinski definition) is 0. The second-order valence-electron chi connectivity index (χ2n) is 1.23. The van der Waals surface area contributed by atoms with Crippen molar-refractivity contribution < 1.29 is 14.0 Å². The van der Waals surface area contributed by atoms with Crippen molar-refractivity contribution in [2.45, 2.75) is 13.3 Å². The molecule has 0 aromatic rings. The molecular weight excluding hydrogens is 99.0 g/mol. The van der Waals surface area contributed by atoms with Gasteiger partial charge in [-0.3, -0.25) is 9.59 Å². The minimum Gasteiger partial charge on any atom is -0.299 e. The van der Waals surface area contributed by atoms with Crippen molar-refractivity contribution in [3.05, 3.63) is 0 Å². The van der Waals surface area contributed by atoms with Crippen molar-refractivity contribution >= 4 is 11.8 Å². The van der Waals surface area contributed by atoms with Gasteiger partial charge in [0.2, 0.25) is 0 Å². The van der Waals surface area contributed by atoms with Gasteiger partial charge in [0.25, 0.3) is 0 Å². The van der Waals surface area contributed by atoms with Crippen molar-refractivity contribution in [3.8, 4) is 0 Å². The topological polar surface area (TPSA) is 34.1 Å². The van der Waals surface area contributed by atoms with E-state index in [1.165, 1.54) is 0 Å². The summed E-state index contributed by atoms with van der Waals surface area (Å²) in [6.07, 6.45) is -0.583. The first-order valence-corrected chi connectivity index (χ1v) is 1.80. The average molecular weight is 104 g/mol. The lowest BCUT2D eigenvalue weighted by Gasteiger charge is -1.77. The number of carbonyl (C=O) groups is 2. The summed E-state index contributed by atoms with van der Waals surface area (Å²) in [7, 11) is 0. The van der Waals surface area contributed by atoms with Crippen molar-refractivity contribution in [2.24, 2.45) is 0 Å². The van der Waals surface area contributed by atoms with Crippen molar-refractivity contribution in [2.75, 3.05) is 0 Å². The average Bonchev–Trinajstić information content (AvgIpc) is 1.27. The molecule has 0 spiro atoms. The Morgan fingerprint density at radius 2 is 2.00 bits per heavy atom. The van der Waals surface area contributed by atoms with Crippen LogP contribution in [-0.2, 0) is 9.59 Å². The Morgan fingerprint density at radius 3 is 2.00 bits per heavy atom. The number of Topliss-reactive ketones (excluding diaryl/α,β-unsaturated/α-hetero) is 1. The molecule has 0 fully saturated rings. The molecule has 0 aliphatic heterocycles. The zero-order chi connectivity index (χ0) is 5.86. The molecule has 0 aromatic heterocycles. The normalized spacial score (nSPS) is 8.29. The summed E-state index contributed by atoms with van der Waals surface area (Å²) in [5, 5.41) is 0. The molecule has 0 unspecified atom stereocenters. The van der Waals surface area contributed by atoms with Crippen molar-refractivity contribution in [1.29, 1.82) is 0 Å². The van der Waals surface area contributed by atoms with Crippen LogP contribution in [-0.4, -0.2) is 11.8 Å². The first-order valence-electron chi connectivity index (χ1n) is 1.80. The van der Waals surface area contributed by atoms with Gasteiger partial charge in [0, 0.05) is 0 Å². The van der Waals surface area contributed by atoms with Gasteiger partial charge in [0.05, 0.1) is 6.42 Å². The lowest BCUT2D eigenvalue weighted by molar-refractivity contribution is -0.133. The lowest BCUT2D eigenvalue weighted by Crippen LogP contribution is -1.96. The molecule has 0 heterocycles. The van der Waals surface area contributed by atoms with Gasteiger partial charge in [-0.15, -0.1) is 0 Å². The number of halogens is 1. The van der Waals surface area contributed by atoms with Crippen molar-refractivity contribution in [1.82, 2.24) is 0 Å². The monoisotopic (exact) mass is 104 g/mol. The van der Waals surface area contributed by atoms with Gasteiger partial charge >= 0.3 is 6.04 Å². The Bertz CT molecular complexity index is 85.9. The van der Waals surface area contributed by atoms with Crippen LogP contribution in [0.3, 0.4) is 0 Å². The molecule has 3 heteroatoms. The molecule has 0 N–H and O–H groups in total. The van der Waals surface area contributed by atoms with Crippen LogP contribution in [0.4, 0.5) is 4.39 Å². The summed E-state index contributed by atoms with van der Waals surface area (Å²) in [4.78, 5) is 19.2. The first kappa shape index (κ1) is 6.27. The molecular formula is C4H5FO2. The highest BCUT2D eigenvalue weighted by atomic mass is 19.1. The summed E-state index contributed by atoms with van der Waals surface area (Å²) < 4.78 is 11.1. The number of rotatable bonds is 2. The SMILES string of the molecule is CC(=O)CC(=O)F. The molecule has 0 aliphatic rings. The molecule has 0 aromatic carbocycles. The third-order valence-electron chi connectivity index (χ3n) is 0.388. The summed E-state index contributed by atoms with van der Waals surface area (Å²) in [5.74, 6) is -0.437. The Labute approximate surface area is 40.3 Å². The van der Waals surface area contributed by atoms with Gasteiger partial charge in [0.15, 0.2) is 0 Å². The fraction of sp³-hybridized carbons (Fsp3) is 0.500. The van der Waals surface area contributed by atoms with Crippen LogP contribution < -0.4 is 0 Å². The maximum atomic E-state index is 11.1. The second kappa shape index (κ2) is 2.44. The van der Waals surface area contributed by atoms with Crippen molar-refractivity contribution in [3.63, 3.8) is 0 Å². The van der Waals surface area contributed by atoms with E-state index in [0.29, 0.717) is 0 Å². The summed E-state index contributed by atoms with van der Waals surface area (Å²) in [6.45, 7) is 1.16. The number of carbonyl (C=O) groups excluding carboxylic acids is 2. The minimum atomic E-state index is -1.56. The van der Waals surface area contributed by atoms with Crippen LogP contribution in [0.1, 0.15) is 13.3 Å². The predicted octanol–water partition coefficient (Wildman–Crippen LogP) is 0.462. The van der Waals surface area contributed by atoms with Crippen LogP contribution in [0.25, 0.3) is 0 Å². The zero-order valence-electron chi connectivity index (χ0n) is 3.90. The molecule has 0 bridgehead atoms.